The van der Waals surface area contributed by atoms with E-state index in [2.05, 4.69) is 18.7 Å². The smallest absolute Gasteiger partial charge is 0.146 e. The molecule has 0 rings (SSSR count). The standard InChI is InChI=1S/C8H17NO/c1-5-9(6-2)7(3)8(4)10/h7H,5-6H2,1-4H3. The summed E-state index contributed by atoms with van der Waals surface area (Å²) in [5.41, 5.74) is 0. The number of hydrogen-bond acceptors (Lipinski definition) is 2. The van der Waals surface area contributed by atoms with Crippen molar-refractivity contribution in [1.29, 1.82) is 0 Å². The van der Waals surface area contributed by atoms with Gasteiger partial charge in [-0.05, 0) is 26.9 Å². The van der Waals surface area contributed by atoms with Gasteiger partial charge in [0.2, 0.25) is 0 Å². The van der Waals surface area contributed by atoms with Crippen LogP contribution in [0.5, 0.6) is 0 Å². The van der Waals surface area contributed by atoms with E-state index in [1.54, 1.807) is 6.92 Å². The van der Waals surface area contributed by atoms with Gasteiger partial charge in [-0.2, -0.15) is 0 Å². The second kappa shape index (κ2) is 4.45. The highest BCUT2D eigenvalue weighted by molar-refractivity contribution is 5.80. The Morgan fingerprint density at radius 1 is 1.40 bits per heavy atom. The molecule has 0 amide bonds. The van der Waals surface area contributed by atoms with Crippen molar-refractivity contribution in [3.63, 3.8) is 0 Å². The van der Waals surface area contributed by atoms with E-state index < -0.39 is 0 Å². The predicted molar refractivity (Wildman–Crippen MR) is 43.1 cm³/mol. The molecular weight excluding hydrogens is 126 g/mol. The van der Waals surface area contributed by atoms with Crippen molar-refractivity contribution in [3.05, 3.63) is 0 Å². The van der Waals surface area contributed by atoms with E-state index in [1.807, 2.05) is 6.92 Å². The number of ketones is 1. The lowest BCUT2D eigenvalue weighted by molar-refractivity contribution is -0.121. The normalized spacial score (nSPS) is 13.7. The molecule has 0 spiro atoms. The first-order valence-electron chi connectivity index (χ1n) is 3.88. The fourth-order valence-electron chi connectivity index (χ4n) is 1.03. The molecule has 0 heterocycles. The quantitative estimate of drug-likeness (QED) is 0.591. The fraction of sp³-hybridized carbons (Fsp3) is 0.875. The predicted octanol–water partition coefficient (Wildman–Crippen LogP) is 1.31. The summed E-state index contributed by atoms with van der Waals surface area (Å²) in [6.07, 6.45) is 0. The highest BCUT2D eigenvalue weighted by Crippen LogP contribution is 1.98. The van der Waals surface area contributed by atoms with Crippen LogP contribution in [-0.4, -0.2) is 29.8 Å². The van der Waals surface area contributed by atoms with Crippen LogP contribution in [0.4, 0.5) is 0 Å². The minimum atomic E-state index is 0.0926. The molecule has 1 atom stereocenters. The van der Waals surface area contributed by atoms with Gasteiger partial charge < -0.3 is 0 Å². The first-order valence-corrected chi connectivity index (χ1v) is 3.88. The second-order valence-electron chi connectivity index (χ2n) is 2.51. The number of carbonyl (C=O) groups is 1. The highest BCUT2D eigenvalue weighted by Gasteiger charge is 2.13. The SMILES string of the molecule is CCN(CC)C(C)C(C)=O. The molecule has 10 heavy (non-hydrogen) atoms. The molecule has 0 N–H and O–H groups in total. The summed E-state index contributed by atoms with van der Waals surface area (Å²) in [5, 5.41) is 0. The van der Waals surface area contributed by atoms with Gasteiger partial charge in [-0.15, -0.1) is 0 Å². The lowest BCUT2D eigenvalue weighted by Crippen LogP contribution is -2.37. The van der Waals surface area contributed by atoms with Crippen LogP contribution in [0.15, 0.2) is 0 Å². The average molecular weight is 143 g/mol. The van der Waals surface area contributed by atoms with E-state index in [4.69, 9.17) is 0 Å². The molecule has 0 aliphatic heterocycles. The zero-order valence-electron chi connectivity index (χ0n) is 7.35. The van der Waals surface area contributed by atoms with Crippen LogP contribution in [0.3, 0.4) is 0 Å². The summed E-state index contributed by atoms with van der Waals surface area (Å²) in [5.74, 6) is 0.253. The number of hydrogen-bond donors (Lipinski definition) is 0. The van der Waals surface area contributed by atoms with Crippen LogP contribution >= 0.6 is 0 Å². The molecule has 0 aromatic carbocycles. The summed E-state index contributed by atoms with van der Waals surface area (Å²) in [6, 6.07) is 0.0926. The summed E-state index contributed by atoms with van der Waals surface area (Å²) in [6.45, 7) is 9.65. The molecule has 0 fully saturated rings. The average Bonchev–Trinajstić information content (AvgIpc) is 1.90. The Morgan fingerprint density at radius 2 is 1.80 bits per heavy atom. The Hall–Kier alpha value is -0.370. The third-order valence-electron chi connectivity index (χ3n) is 1.95. The Bertz CT molecular complexity index is 108. The summed E-state index contributed by atoms with van der Waals surface area (Å²) in [4.78, 5) is 13.0. The minimum Gasteiger partial charge on any atom is -0.298 e. The number of rotatable bonds is 4. The molecule has 0 aliphatic rings. The third kappa shape index (κ3) is 2.48. The Labute approximate surface area is 63.2 Å². The molecule has 60 valence electrons. The molecule has 0 bridgehead atoms. The Morgan fingerprint density at radius 3 is 1.90 bits per heavy atom. The number of Topliss-reactive ketones (excluding diaryl/α,β-unsaturated/α-hetero) is 1. The monoisotopic (exact) mass is 143 g/mol. The van der Waals surface area contributed by atoms with Gasteiger partial charge in [0.1, 0.15) is 5.78 Å². The first-order chi connectivity index (χ1) is 4.63. The zero-order chi connectivity index (χ0) is 8.15. The summed E-state index contributed by atoms with van der Waals surface area (Å²) < 4.78 is 0. The van der Waals surface area contributed by atoms with Crippen molar-refractivity contribution in [2.45, 2.75) is 33.7 Å². The van der Waals surface area contributed by atoms with Gasteiger partial charge in [0, 0.05) is 0 Å². The molecule has 0 aromatic heterocycles. The lowest BCUT2D eigenvalue weighted by atomic mass is 10.2. The van der Waals surface area contributed by atoms with Crippen LogP contribution in [-0.2, 0) is 4.79 Å². The number of likely N-dealkylation sites (N-methyl/N-ethyl adjacent to an activating group) is 1. The van der Waals surface area contributed by atoms with Gasteiger partial charge >= 0.3 is 0 Å². The van der Waals surface area contributed by atoms with E-state index >= 15 is 0 Å². The van der Waals surface area contributed by atoms with Crippen molar-refractivity contribution in [2.24, 2.45) is 0 Å². The fourth-order valence-corrected chi connectivity index (χ4v) is 1.03. The van der Waals surface area contributed by atoms with Crippen molar-refractivity contribution in [1.82, 2.24) is 4.90 Å². The van der Waals surface area contributed by atoms with Gasteiger partial charge in [-0.3, -0.25) is 9.69 Å². The van der Waals surface area contributed by atoms with Crippen LogP contribution < -0.4 is 0 Å². The van der Waals surface area contributed by atoms with E-state index in [0.717, 1.165) is 13.1 Å². The van der Waals surface area contributed by atoms with Crippen molar-refractivity contribution < 1.29 is 4.79 Å². The topological polar surface area (TPSA) is 20.3 Å². The molecule has 1 unspecified atom stereocenters. The summed E-state index contributed by atoms with van der Waals surface area (Å²) >= 11 is 0. The molecule has 0 saturated carbocycles. The van der Waals surface area contributed by atoms with E-state index in [0.29, 0.717) is 0 Å². The molecular formula is C8H17NO. The van der Waals surface area contributed by atoms with Gasteiger partial charge in [-0.1, -0.05) is 13.8 Å². The van der Waals surface area contributed by atoms with Crippen LogP contribution in [0.25, 0.3) is 0 Å². The summed E-state index contributed by atoms with van der Waals surface area (Å²) in [7, 11) is 0. The highest BCUT2D eigenvalue weighted by atomic mass is 16.1. The van der Waals surface area contributed by atoms with Gasteiger partial charge in [0.15, 0.2) is 0 Å². The lowest BCUT2D eigenvalue weighted by Gasteiger charge is -2.23. The first kappa shape index (κ1) is 9.63. The number of nitrogens with zero attached hydrogens (tertiary/aromatic N) is 1. The van der Waals surface area contributed by atoms with Crippen molar-refractivity contribution in [2.75, 3.05) is 13.1 Å². The molecule has 0 saturated heterocycles. The largest absolute Gasteiger partial charge is 0.298 e. The third-order valence-corrected chi connectivity index (χ3v) is 1.95. The van der Waals surface area contributed by atoms with Crippen molar-refractivity contribution >= 4 is 5.78 Å². The maximum atomic E-state index is 10.9. The maximum Gasteiger partial charge on any atom is 0.146 e. The molecule has 0 radical (unpaired) electrons. The molecule has 0 aliphatic carbocycles. The van der Waals surface area contributed by atoms with E-state index in [9.17, 15) is 4.79 Å². The molecule has 2 nitrogen and oxygen atoms in total. The second-order valence-corrected chi connectivity index (χ2v) is 2.51. The minimum absolute atomic E-state index is 0.0926. The Balaban J connectivity index is 3.88. The molecule has 0 aromatic rings. The van der Waals surface area contributed by atoms with Crippen LogP contribution in [0.2, 0.25) is 0 Å². The van der Waals surface area contributed by atoms with Gasteiger partial charge in [0.25, 0.3) is 0 Å². The molecule has 2 heteroatoms. The Kier molecular flexibility index (Phi) is 4.28. The number of carbonyl (C=O) groups excluding carboxylic acids is 1. The van der Waals surface area contributed by atoms with Gasteiger partial charge in [-0.25, -0.2) is 0 Å². The van der Waals surface area contributed by atoms with Gasteiger partial charge in [0.05, 0.1) is 6.04 Å². The maximum absolute atomic E-state index is 10.9. The van der Waals surface area contributed by atoms with E-state index in [-0.39, 0.29) is 11.8 Å². The van der Waals surface area contributed by atoms with Crippen LogP contribution in [0, 0.1) is 0 Å². The van der Waals surface area contributed by atoms with Crippen LogP contribution in [0.1, 0.15) is 27.7 Å². The van der Waals surface area contributed by atoms with E-state index in [1.165, 1.54) is 0 Å². The van der Waals surface area contributed by atoms with Crippen molar-refractivity contribution in [3.8, 4) is 0 Å². The zero-order valence-corrected chi connectivity index (χ0v) is 7.35.